The lowest BCUT2D eigenvalue weighted by Gasteiger charge is -2.11. The minimum Gasteiger partial charge on any atom is -0.497 e. The summed E-state index contributed by atoms with van der Waals surface area (Å²) in [5, 5.41) is 3.51. The van der Waals surface area contributed by atoms with Gasteiger partial charge in [0.15, 0.2) is 6.61 Å². The molecule has 0 spiro atoms. The molecule has 31 heavy (non-hydrogen) atoms. The van der Waals surface area contributed by atoms with Crippen molar-refractivity contribution in [3.05, 3.63) is 59.5 Å². The number of methoxy groups -OCH3 is 2. The van der Waals surface area contributed by atoms with Gasteiger partial charge in [-0.25, -0.2) is 9.78 Å². The Morgan fingerprint density at radius 1 is 1.00 bits per heavy atom. The molecule has 0 aliphatic carbocycles. The van der Waals surface area contributed by atoms with Crippen molar-refractivity contribution in [2.45, 2.75) is 0 Å². The first-order valence-electron chi connectivity index (χ1n) is 9.22. The van der Waals surface area contributed by atoms with E-state index >= 15 is 0 Å². The predicted molar refractivity (Wildman–Crippen MR) is 121 cm³/mol. The number of para-hydroxylation sites is 1. The van der Waals surface area contributed by atoms with Gasteiger partial charge in [0.25, 0.3) is 5.91 Å². The van der Waals surface area contributed by atoms with Gasteiger partial charge in [-0.15, -0.1) is 22.7 Å². The topological polar surface area (TPSA) is 86.8 Å². The highest BCUT2D eigenvalue weighted by molar-refractivity contribution is 7.26. The van der Waals surface area contributed by atoms with E-state index in [-0.39, 0.29) is 0 Å². The molecule has 0 atom stereocenters. The predicted octanol–water partition coefficient (Wildman–Crippen LogP) is 4.84. The quantitative estimate of drug-likeness (QED) is 0.402. The first-order chi connectivity index (χ1) is 15.1. The molecule has 0 saturated heterocycles. The van der Waals surface area contributed by atoms with Crippen molar-refractivity contribution in [1.29, 1.82) is 0 Å². The Balaban J connectivity index is 1.37. The van der Waals surface area contributed by atoms with Gasteiger partial charge in [-0.05, 0) is 36.4 Å². The standard InChI is InChI=1S/C22H18N2O5S2/c1-27-13-7-8-14(16(11-13)28-2)23-20(25)12-29-22(26)19-10-9-18(30-19)21-24-15-5-3-4-6-17(15)31-21/h3-11H,12H2,1-2H3,(H,23,25). The molecule has 0 radical (unpaired) electrons. The van der Waals surface area contributed by atoms with Crippen LogP contribution in [0.1, 0.15) is 9.67 Å². The lowest BCUT2D eigenvalue weighted by molar-refractivity contribution is -0.119. The van der Waals surface area contributed by atoms with E-state index in [9.17, 15) is 9.59 Å². The third-order valence-corrected chi connectivity index (χ3v) is 6.60. The summed E-state index contributed by atoms with van der Waals surface area (Å²) < 4.78 is 16.6. The number of hydrogen-bond acceptors (Lipinski definition) is 8. The van der Waals surface area contributed by atoms with Crippen molar-refractivity contribution in [2.75, 3.05) is 26.1 Å². The van der Waals surface area contributed by atoms with Crippen LogP contribution in [0.3, 0.4) is 0 Å². The van der Waals surface area contributed by atoms with Crippen LogP contribution in [0.4, 0.5) is 5.69 Å². The van der Waals surface area contributed by atoms with Gasteiger partial charge in [0.1, 0.15) is 21.4 Å². The molecule has 1 N–H and O–H groups in total. The van der Waals surface area contributed by atoms with Gasteiger partial charge < -0.3 is 19.5 Å². The fraction of sp³-hybridized carbons (Fsp3) is 0.136. The zero-order valence-corrected chi connectivity index (χ0v) is 18.3. The van der Waals surface area contributed by atoms with Gasteiger partial charge in [0.2, 0.25) is 0 Å². The van der Waals surface area contributed by atoms with Crippen molar-refractivity contribution < 1.29 is 23.8 Å². The van der Waals surface area contributed by atoms with E-state index in [0.29, 0.717) is 22.1 Å². The second-order valence-corrected chi connectivity index (χ2v) is 8.46. The van der Waals surface area contributed by atoms with Gasteiger partial charge >= 0.3 is 5.97 Å². The van der Waals surface area contributed by atoms with Crippen LogP contribution in [0, 0.1) is 0 Å². The Bertz CT molecular complexity index is 1210. The van der Waals surface area contributed by atoms with Crippen LogP contribution in [-0.4, -0.2) is 37.7 Å². The van der Waals surface area contributed by atoms with Crippen molar-refractivity contribution in [3.63, 3.8) is 0 Å². The van der Waals surface area contributed by atoms with E-state index in [4.69, 9.17) is 14.2 Å². The maximum Gasteiger partial charge on any atom is 0.348 e. The average molecular weight is 455 g/mol. The number of thiazole rings is 1. The molecule has 7 nitrogen and oxygen atoms in total. The first-order valence-corrected chi connectivity index (χ1v) is 10.9. The summed E-state index contributed by atoms with van der Waals surface area (Å²) in [5.74, 6) is 0.00893. The highest BCUT2D eigenvalue weighted by Gasteiger charge is 2.16. The molecule has 1 amide bonds. The Kier molecular flexibility index (Phi) is 6.15. The normalized spacial score (nSPS) is 10.6. The van der Waals surface area contributed by atoms with Crippen molar-refractivity contribution in [1.82, 2.24) is 4.98 Å². The van der Waals surface area contributed by atoms with E-state index in [1.165, 1.54) is 18.4 Å². The van der Waals surface area contributed by atoms with Crippen molar-refractivity contribution in [3.8, 4) is 21.4 Å². The number of nitrogens with zero attached hydrogens (tertiary/aromatic N) is 1. The van der Waals surface area contributed by atoms with E-state index < -0.39 is 18.5 Å². The van der Waals surface area contributed by atoms with Crippen LogP contribution in [0.15, 0.2) is 54.6 Å². The summed E-state index contributed by atoms with van der Waals surface area (Å²) in [7, 11) is 3.03. The number of aromatic nitrogens is 1. The number of anilines is 1. The Morgan fingerprint density at radius 2 is 1.84 bits per heavy atom. The number of rotatable bonds is 7. The molecule has 0 saturated carbocycles. The van der Waals surface area contributed by atoms with Crippen LogP contribution >= 0.6 is 22.7 Å². The smallest absolute Gasteiger partial charge is 0.348 e. The summed E-state index contributed by atoms with van der Waals surface area (Å²) in [6.07, 6.45) is 0. The summed E-state index contributed by atoms with van der Waals surface area (Å²) in [6.45, 7) is -0.414. The Labute approximate surface area is 186 Å². The SMILES string of the molecule is COc1ccc(NC(=O)COC(=O)c2ccc(-c3nc4ccccc4s3)s2)c(OC)c1. The van der Waals surface area contributed by atoms with E-state index in [1.54, 1.807) is 42.7 Å². The van der Waals surface area contributed by atoms with Gasteiger partial charge in [-0.1, -0.05) is 12.1 Å². The number of benzene rings is 2. The molecule has 2 heterocycles. The second-order valence-electron chi connectivity index (χ2n) is 6.34. The van der Waals surface area contributed by atoms with E-state index in [1.807, 2.05) is 30.3 Å². The van der Waals surface area contributed by atoms with Gasteiger partial charge in [0.05, 0.1) is 35.0 Å². The highest BCUT2D eigenvalue weighted by atomic mass is 32.1. The number of ether oxygens (including phenoxy) is 3. The average Bonchev–Trinajstić information content (AvgIpc) is 3.45. The van der Waals surface area contributed by atoms with Crippen LogP contribution in [0.5, 0.6) is 11.5 Å². The summed E-state index contributed by atoms with van der Waals surface area (Å²) in [4.78, 5) is 30.5. The van der Waals surface area contributed by atoms with Crippen LogP contribution < -0.4 is 14.8 Å². The van der Waals surface area contributed by atoms with E-state index in [0.717, 1.165) is 20.1 Å². The largest absolute Gasteiger partial charge is 0.497 e. The summed E-state index contributed by atoms with van der Waals surface area (Å²) in [5.41, 5.74) is 1.38. The Morgan fingerprint density at radius 3 is 2.61 bits per heavy atom. The van der Waals surface area contributed by atoms with E-state index in [2.05, 4.69) is 10.3 Å². The van der Waals surface area contributed by atoms with Crippen molar-refractivity contribution in [2.24, 2.45) is 0 Å². The molecule has 0 aliphatic heterocycles. The van der Waals surface area contributed by atoms with Gasteiger partial charge in [-0.2, -0.15) is 0 Å². The number of esters is 1. The number of carbonyl (C=O) groups is 2. The molecule has 2 aromatic carbocycles. The number of thiophene rings is 1. The third kappa shape index (κ3) is 4.68. The van der Waals surface area contributed by atoms with Crippen molar-refractivity contribution >= 4 is 50.5 Å². The number of fused-ring (bicyclic) bond motifs is 1. The van der Waals surface area contributed by atoms with Gasteiger partial charge in [-0.3, -0.25) is 4.79 Å². The minimum atomic E-state index is -0.561. The van der Waals surface area contributed by atoms with Crippen LogP contribution in [0.2, 0.25) is 0 Å². The van der Waals surface area contributed by atoms with Gasteiger partial charge in [0, 0.05) is 6.07 Å². The van der Waals surface area contributed by atoms with Crippen LogP contribution in [0.25, 0.3) is 20.1 Å². The second kappa shape index (κ2) is 9.15. The molecule has 0 fully saturated rings. The lowest BCUT2D eigenvalue weighted by atomic mass is 10.2. The lowest BCUT2D eigenvalue weighted by Crippen LogP contribution is -2.20. The third-order valence-electron chi connectivity index (χ3n) is 4.33. The number of nitrogens with one attached hydrogen (secondary N) is 1. The minimum absolute atomic E-state index is 0.407. The molecule has 4 rings (SSSR count). The summed E-state index contributed by atoms with van der Waals surface area (Å²) in [6, 6.07) is 16.4. The molecule has 2 aromatic heterocycles. The molecule has 0 unspecified atom stereocenters. The first kappa shape index (κ1) is 20.8. The van der Waals surface area contributed by atoms with Crippen LogP contribution in [-0.2, 0) is 9.53 Å². The monoisotopic (exact) mass is 454 g/mol. The molecule has 4 aromatic rings. The maximum absolute atomic E-state index is 12.4. The number of carbonyl (C=O) groups excluding carboxylic acids is 2. The number of amides is 1. The molecule has 9 heteroatoms. The Hall–Kier alpha value is -3.43. The number of hydrogen-bond donors (Lipinski definition) is 1. The highest BCUT2D eigenvalue weighted by Crippen LogP contribution is 2.34. The zero-order chi connectivity index (χ0) is 21.8. The fourth-order valence-electron chi connectivity index (χ4n) is 2.83. The zero-order valence-electron chi connectivity index (χ0n) is 16.7. The summed E-state index contributed by atoms with van der Waals surface area (Å²) >= 11 is 2.85. The molecule has 0 bridgehead atoms. The fourth-order valence-corrected chi connectivity index (χ4v) is 4.75. The maximum atomic E-state index is 12.4. The molecule has 0 aliphatic rings. The molecule has 158 valence electrons. The molecular weight excluding hydrogens is 436 g/mol. The molecular formula is C22H18N2O5S2.